The van der Waals surface area contributed by atoms with Crippen LogP contribution in [0.2, 0.25) is 0 Å². The molecule has 1 unspecified atom stereocenters. The highest BCUT2D eigenvalue weighted by molar-refractivity contribution is 4.60. The van der Waals surface area contributed by atoms with Gasteiger partial charge in [-0.25, -0.2) is 0 Å². The van der Waals surface area contributed by atoms with Crippen LogP contribution in [-0.4, -0.2) is 30.2 Å². The molecule has 1 atom stereocenters. The fourth-order valence-electron chi connectivity index (χ4n) is 4.70. The van der Waals surface area contributed by atoms with Crippen LogP contribution in [0.5, 0.6) is 0 Å². The average Bonchev–Trinajstić information content (AvgIpc) is 2.68. The number of hydrogen-bond acceptors (Lipinski definition) is 0. The van der Waals surface area contributed by atoms with Gasteiger partial charge in [0.1, 0.15) is 0 Å². The molecule has 0 saturated carbocycles. The minimum absolute atomic E-state index is 0.867. The van der Waals surface area contributed by atoms with Crippen LogP contribution in [0.4, 0.5) is 0 Å². The fourth-order valence-corrected chi connectivity index (χ4v) is 4.70. The number of unbranched alkanes of at least 4 members (excludes halogenated alkanes) is 12. The molecular weight excluding hydrogens is 326 g/mol. The lowest BCUT2D eigenvalue weighted by Gasteiger charge is -2.45. The van der Waals surface area contributed by atoms with Crippen LogP contribution < -0.4 is 0 Å². The molecule has 0 rings (SSSR count). The third-order valence-corrected chi connectivity index (χ3v) is 6.78. The molecule has 1 nitrogen and oxygen atoms in total. The van der Waals surface area contributed by atoms with E-state index in [0.717, 1.165) is 6.04 Å². The molecule has 0 aliphatic heterocycles. The van der Waals surface area contributed by atoms with E-state index in [4.69, 9.17) is 0 Å². The van der Waals surface area contributed by atoms with Crippen LogP contribution in [0.3, 0.4) is 0 Å². The molecule has 27 heavy (non-hydrogen) atoms. The average molecular weight is 383 g/mol. The number of nitrogens with zero attached hydrogens (tertiary/aromatic N) is 1. The number of rotatable bonds is 21. The Kier molecular flexibility index (Phi) is 19.3. The maximum Gasteiger partial charge on any atom is 0.0861 e. The molecule has 0 bridgehead atoms. The van der Waals surface area contributed by atoms with Crippen molar-refractivity contribution in [2.24, 2.45) is 0 Å². The summed E-state index contributed by atoms with van der Waals surface area (Å²) in [6.45, 7) is 16.3. The Morgan fingerprint density at radius 2 is 0.778 bits per heavy atom. The molecule has 0 aromatic carbocycles. The zero-order chi connectivity index (χ0) is 20.2. The second-order valence-corrected chi connectivity index (χ2v) is 9.27. The summed E-state index contributed by atoms with van der Waals surface area (Å²) >= 11 is 0. The van der Waals surface area contributed by atoms with E-state index in [0.29, 0.717) is 0 Å². The van der Waals surface area contributed by atoms with Crippen LogP contribution in [0, 0.1) is 0 Å². The van der Waals surface area contributed by atoms with E-state index in [9.17, 15) is 0 Å². The van der Waals surface area contributed by atoms with Crippen molar-refractivity contribution in [3.63, 3.8) is 0 Å². The van der Waals surface area contributed by atoms with Crippen molar-refractivity contribution >= 4 is 0 Å². The molecule has 0 radical (unpaired) electrons. The van der Waals surface area contributed by atoms with Crippen LogP contribution in [-0.2, 0) is 0 Å². The molecule has 1 heteroatoms. The van der Waals surface area contributed by atoms with Gasteiger partial charge in [-0.3, -0.25) is 0 Å². The molecule has 0 N–H and O–H groups in total. The lowest BCUT2D eigenvalue weighted by molar-refractivity contribution is -0.950. The first-order chi connectivity index (χ1) is 13.2. The quantitative estimate of drug-likeness (QED) is 0.137. The lowest BCUT2D eigenvalue weighted by atomic mass is 10.0. The van der Waals surface area contributed by atoms with Crippen LogP contribution in [0.15, 0.2) is 0 Å². The van der Waals surface area contributed by atoms with Crippen molar-refractivity contribution in [3.05, 3.63) is 0 Å². The zero-order valence-electron chi connectivity index (χ0n) is 20.2. The Morgan fingerprint density at radius 1 is 0.444 bits per heavy atom. The summed E-state index contributed by atoms with van der Waals surface area (Å²) in [7, 11) is 0. The molecule has 0 amide bonds. The normalized spacial score (nSPS) is 13.2. The highest BCUT2D eigenvalue weighted by atomic mass is 15.4. The largest absolute Gasteiger partial charge is 0.321 e. The van der Waals surface area contributed by atoms with Gasteiger partial charge in [0.2, 0.25) is 0 Å². The Morgan fingerprint density at radius 3 is 1.11 bits per heavy atom. The molecule has 164 valence electrons. The minimum Gasteiger partial charge on any atom is -0.321 e. The Hall–Kier alpha value is -0.0400. The molecule has 0 aromatic heterocycles. The summed E-state index contributed by atoms with van der Waals surface area (Å²) in [4.78, 5) is 0. The van der Waals surface area contributed by atoms with Crippen LogP contribution in [0.1, 0.15) is 144 Å². The van der Waals surface area contributed by atoms with Gasteiger partial charge in [0, 0.05) is 0 Å². The number of quaternary nitrogens is 1. The molecule has 0 aliphatic rings. The lowest BCUT2D eigenvalue weighted by Crippen LogP contribution is -2.56. The van der Waals surface area contributed by atoms with E-state index < -0.39 is 0 Å². The van der Waals surface area contributed by atoms with Crippen molar-refractivity contribution in [2.45, 2.75) is 150 Å². The van der Waals surface area contributed by atoms with Crippen LogP contribution >= 0.6 is 0 Å². The molecule has 0 fully saturated rings. The van der Waals surface area contributed by atoms with Gasteiger partial charge in [-0.15, -0.1) is 0 Å². The first-order valence-electron chi connectivity index (χ1n) is 13.0. The van der Waals surface area contributed by atoms with Crippen molar-refractivity contribution in [1.29, 1.82) is 0 Å². The first kappa shape index (κ1) is 27.0. The van der Waals surface area contributed by atoms with Crippen molar-refractivity contribution in [2.75, 3.05) is 19.6 Å². The summed E-state index contributed by atoms with van der Waals surface area (Å²) in [6.07, 6.45) is 24.2. The monoisotopic (exact) mass is 382 g/mol. The van der Waals surface area contributed by atoms with E-state index in [1.807, 2.05) is 0 Å². The maximum atomic E-state index is 2.60. The van der Waals surface area contributed by atoms with E-state index in [2.05, 4.69) is 34.6 Å². The third-order valence-electron chi connectivity index (χ3n) is 6.78. The minimum atomic E-state index is 0.867. The third kappa shape index (κ3) is 13.7. The molecule has 0 aliphatic carbocycles. The number of hydrogen-bond donors (Lipinski definition) is 0. The van der Waals surface area contributed by atoms with Crippen molar-refractivity contribution in [1.82, 2.24) is 0 Å². The standard InChI is InChI=1S/C26H56N/c1-6-10-14-18-22-26(5)27(23-19-15-11-7-2,24-20-16-12-8-3)25-21-17-13-9-4/h26H,6-25H2,1-5H3/q+1. The summed E-state index contributed by atoms with van der Waals surface area (Å²) in [5.41, 5.74) is 0. The highest BCUT2D eigenvalue weighted by Crippen LogP contribution is 2.25. The topological polar surface area (TPSA) is 0 Å². The van der Waals surface area contributed by atoms with E-state index in [-0.39, 0.29) is 0 Å². The summed E-state index contributed by atoms with van der Waals surface area (Å²) < 4.78 is 1.45. The van der Waals surface area contributed by atoms with Gasteiger partial charge in [0.25, 0.3) is 0 Å². The van der Waals surface area contributed by atoms with Gasteiger partial charge in [0.05, 0.1) is 25.7 Å². The predicted octanol–water partition coefficient (Wildman–Crippen LogP) is 8.90. The molecule has 0 aromatic rings. The highest BCUT2D eigenvalue weighted by Gasteiger charge is 2.32. The molecule has 0 spiro atoms. The zero-order valence-corrected chi connectivity index (χ0v) is 20.2. The second-order valence-electron chi connectivity index (χ2n) is 9.27. The summed E-state index contributed by atoms with van der Waals surface area (Å²) in [5.74, 6) is 0. The Bertz CT molecular complexity index is 255. The van der Waals surface area contributed by atoms with Gasteiger partial charge in [-0.05, 0) is 58.3 Å². The molecule has 0 heterocycles. The summed E-state index contributed by atoms with van der Waals surface area (Å²) in [5, 5.41) is 0. The van der Waals surface area contributed by atoms with Gasteiger partial charge >= 0.3 is 0 Å². The van der Waals surface area contributed by atoms with Gasteiger partial charge in [-0.1, -0.05) is 85.5 Å². The maximum absolute atomic E-state index is 2.60. The Labute approximate surface area is 174 Å². The van der Waals surface area contributed by atoms with E-state index >= 15 is 0 Å². The smallest absolute Gasteiger partial charge is 0.0861 e. The summed E-state index contributed by atoms with van der Waals surface area (Å²) in [6, 6.07) is 0.867. The Balaban J connectivity index is 4.90. The SMILES string of the molecule is CCCCCCC(C)[N+](CCCCCC)(CCCCCC)CCCCCC. The van der Waals surface area contributed by atoms with Gasteiger partial charge in [-0.2, -0.15) is 0 Å². The van der Waals surface area contributed by atoms with Crippen molar-refractivity contribution < 1.29 is 4.48 Å². The molecule has 0 saturated heterocycles. The fraction of sp³-hybridized carbons (Fsp3) is 1.00. The van der Waals surface area contributed by atoms with E-state index in [1.165, 1.54) is 133 Å². The van der Waals surface area contributed by atoms with E-state index in [1.54, 1.807) is 0 Å². The van der Waals surface area contributed by atoms with Crippen molar-refractivity contribution in [3.8, 4) is 0 Å². The van der Waals surface area contributed by atoms with Gasteiger partial charge < -0.3 is 4.48 Å². The van der Waals surface area contributed by atoms with Gasteiger partial charge in [0.15, 0.2) is 0 Å². The second kappa shape index (κ2) is 19.3. The first-order valence-corrected chi connectivity index (χ1v) is 13.0. The predicted molar refractivity (Wildman–Crippen MR) is 126 cm³/mol. The van der Waals surface area contributed by atoms with Crippen LogP contribution in [0.25, 0.3) is 0 Å². The molecular formula is C26H56N+.